The van der Waals surface area contributed by atoms with Gasteiger partial charge in [-0.1, -0.05) is 47.4 Å². The standard InChI is InChI=1S/C11H14BrClO/c1-11(2,7-12)8-4-5-9(13)10(6-8)14-3/h4-6H,7H2,1-3H3. The molecule has 0 aliphatic heterocycles. The molecule has 14 heavy (non-hydrogen) atoms. The van der Waals surface area contributed by atoms with Gasteiger partial charge in [0.15, 0.2) is 0 Å². The molecule has 0 N–H and O–H groups in total. The molecule has 0 unspecified atom stereocenters. The fourth-order valence-electron chi connectivity index (χ4n) is 1.16. The van der Waals surface area contributed by atoms with Crippen LogP contribution in [0.2, 0.25) is 5.02 Å². The summed E-state index contributed by atoms with van der Waals surface area (Å²) in [6, 6.07) is 5.90. The highest BCUT2D eigenvalue weighted by atomic mass is 79.9. The summed E-state index contributed by atoms with van der Waals surface area (Å²) >= 11 is 9.45. The van der Waals surface area contributed by atoms with Crippen molar-refractivity contribution in [2.24, 2.45) is 0 Å². The number of hydrogen-bond donors (Lipinski definition) is 0. The molecule has 0 aromatic heterocycles. The molecule has 0 aliphatic carbocycles. The van der Waals surface area contributed by atoms with E-state index in [9.17, 15) is 0 Å². The summed E-state index contributed by atoms with van der Waals surface area (Å²) in [6.07, 6.45) is 0. The van der Waals surface area contributed by atoms with E-state index in [4.69, 9.17) is 16.3 Å². The first-order chi connectivity index (χ1) is 6.51. The maximum atomic E-state index is 5.95. The number of ether oxygens (including phenoxy) is 1. The van der Waals surface area contributed by atoms with Crippen LogP contribution in [0, 0.1) is 0 Å². The highest BCUT2D eigenvalue weighted by Gasteiger charge is 2.20. The Balaban J connectivity index is 3.12. The Hall–Kier alpha value is -0.210. The van der Waals surface area contributed by atoms with Crippen molar-refractivity contribution in [3.8, 4) is 5.75 Å². The zero-order chi connectivity index (χ0) is 10.8. The predicted molar refractivity (Wildman–Crippen MR) is 64.8 cm³/mol. The van der Waals surface area contributed by atoms with Crippen molar-refractivity contribution >= 4 is 27.5 Å². The van der Waals surface area contributed by atoms with Gasteiger partial charge in [-0.15, -0.1) is 0 Å². The summed E-state index contributed by atoms with van der Waals surface area (Å²) in [5, 5.41) is 1.56. The molecule has 0 spiro atoms. The number of alkyl halides is 1. The Bertz CT molecular complexity index is 323. The molecule has 1 nitrogen and oxygen atoms in total. The molecular formula is C11H14BrClO. The summed E-state index contributed by atoms with van der Waals surface area (Å²) in [4.78, 5) is 0. The maximum absolute atomic E-state index is 5.95. The van der Waals surface area contributed by atoms with Crippen molar-refractivity contribution in [1.82, 2.24) is 0 Å². The van der Waals surface area contributed by atoms with Crippen LogP contribution in [0.15, 0.2) is 18.2 Å². The van der Waals surface area contributed by atoms with E-state index in [1.54, 1.807) is 7.11 Å². The second kappa shape index (κ2) is 4.54. The smallest absolute Gasteiger partial charge is 0.137 e. The van der Waals surface area contributed by atoms with E-state index in [1.165, 1.54) is 5.56 Å². The second-order valence-electron chi connectivity index (χ2n) is 3.87. The van der Waals surface area contributed by atoms with Gasteiger partial charge >= 0.3 is 0 Å². The molecule has 0 aliphatic rings. The monoisotopic (exact) mass is 276 g/mol. The van der Waals surface area contributed by atoms with Crippen LogP contribution in [-0.4, -0.2) is 12.4 Å². The summed E-state index contributed by atoms with van der Waals surface area (Å²) in [5.74, 6) is 0.734. The molecular weight excluding hydrogens is 263 g/mol. The molecule has 1 aromatic carbocycles. The van der Waals surface area contributed by atoms with Gasteiger partial charge in [-0.3, -0.25) is 0 Å². The highest BCUT2D eigenvalue weighted by molar-refractivity contribution is 9.09. The molecule has 0 fully saturated rings. The van der Waals surface area contributed by atoms with Crippen LogP contribution in [0.4, 0.5) is 0 Å². The molecule has 0 atom stereocenters. The zero-order valence-electron chi connectivity index (χ0n) is 8.60. The minimum Gasteiger partial charge on any atom is -0.495 e. The first-order valence-electron chi connectivity index (χ1n) is 4.41. The lowest BCUT2D eigenvalue weighted by Gasteiger charge is -2.23. The second-order valence-corrected chi connectivity index (χ2v) is 4.83. The third kappa shape index (κ3) is 2.43. The average Bonchev–Trinajstić information content (AvgIpc) is 2.18. The number of hydrogen-bond acceptors (Lipinski definition) is 1. The third-order valence-electron chi connectivity index (χ3n) is 2.27. The van der Waals surface area contributed by atoms with E-state index in [2.05, 4.69) is 29.8 Å². The molecule has 1 rings (SSSR count). The van der Waals surface area contributed by atoms with Gasteiger partial charge in [-0.2, -0.15) is 0 Å². The fraction of sp³-hybridized carbons (Fsp3) is 0.455. The van der Waals surface area contributed by atoms with Crippen molar-refractivity contribution in [2.45, 2.75) is 19.3 Å². The Morgan fingerprint density at radius 2 is 2.07 bits per heavy atom. The number of methoxy groups -OCH3 is 1. The summed E-state index contributed by atoms with van der Waals surface area (Å²) < 4.78 is 5.18. The zero-order valence-corrected chi connectivity index (χ0v) is 10.9. The maximum Gasteiger partial charge on any atom is 0.137 e. The van der Waals surface area contributed by atoms with E-state index in [-0.39, 0.29) is 5.41 Å². The van der Waals surface area contributed by atoms with E-state index in [0.717, 1.165) is 11.1 Å². The van der Waals surface area contributed by atoms with Crippen LogP contribution in [0.3, 0.4) is 0 Å². The predicted octanol–water partition coefficient (Wildman–Crippen LogP) is 4.02. The Morgan fingerprint density at radius 3 is 2.57 bits per heavy atom. The molecule has 3 heteroatoms. The first kappa shape index (κ1) is 11.9. The van der Waals surface area contributed by atoms with Crippen molar-refractivity contribution in [3.63, 3.8) is 0 Å². The molecule has 0 amide bonds. The first-order valence-corrected chi connectivity index (χ1v) is 5.91. The quantitative estimate of drug-likeness (QED) is 0.758. The lowest BCUT2D eigenvalue weighted by Crippen LogP contribution is -2.18. The van der Waals surface area contributed by atoms with Crippen molar-refractivity contribution < 1.29 is 4.74 Å². The molecule has 0 saturated carbocycles. The van der Waals surface area contributed by atoms with Gasteiger partial charge in [-0.25, -0.2) is 0 Å². The van der Waals surface area contributed by atoms with Gasteiger partial charge < -0.3 is 4.74 Å². The van der Waals surface area contributed by atoms with Crippen molar-refractivity contribution in [1.29, 1.82) is 0 Å². The fourth-order valence-corrected chi connectivity index (χ4v) is 1.68. The van der Waals surface area contributed by atoms with E-state index >= 15 is 0 Å². The van der Waals surface area contributed by atoms with Gasteiger partial charge in [0.25, 0.3) is 0 Å². The van der Waals surface area contributed by atoms with Crippen LogP contribution < -0.4 is 4.74 Å². The normalized spacial score (nSPS) is 11.5. The van der Waals surface area contributed by atoms with Crippen molar-refractivity contribution in [3.05, 3.63) is 28.8 Å². The average molecular weight is 278 g/mol. The summed E-state index contributed by atoms with van der Waals surface area (Å²) in [6.45, 7) is 4.34. The molecule has 78 valence electrons. The van der Waals surface area contributed by atoms with Gasteiger partial charge in [0, 0.05) is 5.33 Å². The third-order valence-corrected chi connectivity index (χ3v) is 3.98. The molecule has 1 aromatic rings. The summed E-state index contributed by atoms with van der Waals surface area (Å²) in [7, 11) is 1.63. The minimum absolute atomic E-state index is 0.0951. The highest BCUT2D eigenvalue weighted by Crippen LogP contribution is 2.32. The van der Waals surface area contributed by atoms with Gasteiger partial charge in [0.2, 0.25) is 0 Å². The van der Waals surface area contributed by atoms with Crippen molar-refractivity contribution in [2.75, 3.05) is 12.4 Å². The van der Waals surface area contributed by atoms with Gasteiger partial charge in [0.1, 0.15) is 5.75 Å². The molecule has 0 bridgehead atoms. The topological polar surface area (TPSA) is 9.23 Å². The Kier molecular flexibility index (Phi) is 3.85. The molecule has 0 heterocycles. The van der Waals surface area contributed by atoms with Gasteiger partial charge in [-0.05, 0) is 23.1 Å². The summed E-state index contributed by atoms with van der Waals surface area (Å²) in [5.41, 5.74) is 1.31. The van der Waals surface area contributed by atoms with Crippen LogP contribution in [0.1, 0.15) is 19.4 Å². The van der Waals surface area contributed by atoms with E-state index < -0.39 is 0 Å². The number of benzene rings is 1. The largest absolute Gasteiger partial charge is 0.495 e. The van der Waals surface area contributed by atoms with E-state index in [1.807, 2.05) is 18.2 Å². The SMILES string of the molecule is COc1cc(C(C)(C)CBr)ccc1Cl. The molecule has 0 radical (unpaired) electrons. The van der Waals surface area contributed by atoms with Crippen LogP contribution in [0.5, 0.6) is 5.75 Å². The lowest BCUT2D eigenvalue weighted by atomic mass is 9.87. The van der Waals surface area contributed by atoms with Gasteiger partial charge in [0.05, 0.1) is 12.1 Å². The lowest BCUT2D eigenvalue weighted by molar-refractivity contribution is 0.413. The van der Waals surface area contributed by atoms with Crippen LogP contribution >= 0.6 is 27.5 Å². The number of halogens is 2. The minimum atomic E-state index is 0.0951. The van der Waals surface area contributed by atoms with Crippen LogP contribution in [0.25, 0.3) is 0 Å². The molecule has 0 saturated heterocycles. The Labute approximate surface area is 98.5 Å². The van der Waals surface area contributed by atoms with Crippen LogP contribution in [-0.2, 0) is 5.41 Å². The number of rotatable bonds is 3. The Morgan fingerprint density at radius 1 is 1.43 bits per heavy atom. The van der Waals surface area contributed by atoms with E-state index in [0.29, 0.717) is 5.02 Å².